The molecule has 2 heterocycles. The summed E-state index contributed by atoms with van der Waals surface area (Å²) < 4.78 is 0. The van der Waals surface area contributed by atoms with E-state index in [9.17, 15) is 14.7 Å². The molecule has 2 aliphatic heterocycles. The molecule has 20 heavy (non-hydrogen) atoms. The Morgan fingerprint density at radius 3 is 2.80 bits per heavy atom. The van der Waals surface area contributed by atoms with Crippen LogP contribution >= 0.6 is 12.4 Å². The number of halogens is 1. The lowest BCUT2D eigenvalue weighted by atomic mass is 10.1. The molecule has 2 unspecified atom stereocenters. The SMILES string of the molecule is CCCN1CCNC(CC(=O)N2CCC(O)C2)C1=O.Cl. The van der Waals surface area contributed by atoms with Crippen LogP contribution in [0.25, 0.3) is 0 Å². The molecule has 0 spiro atoms. The molecule has 2 atom stereocenters. The maximum absolute atomic E-state index is 12.2. The lowest BCUT2D eigenvalue weighted by molar-refractivity contribution is -0.140. The summed E-state index contributed by atoms with van der Waals surface area (Å²) in [6, 6.07) is -0.398. The maximum atomic E-state index is 12.2. The molecule has 0 aliphatic carbocycles. The van der Waals surface area contributed by atoms with Gasteiger partial charge in [-0.3, -0.25) is 9.59 Å². The van der Waals surface area contributed by atoms with Crippen LogP contribution in [-0.4, -0.2) is 71.6 Å². The molecule has 2 aliphatic rings. The number of hydrogen-bond acceptors (Lipinski definition) is 4. The minimum Gasteiger partial charge on any atom is -0.391 e. The Morgan fingerprint density at radius 2 is 2.20 bits per heavy atom. The van der Waals surface area contributed by atoms with Crippen molar-refractivity contribution < 1.29 is 14.7 Å². The van der Waals surface area contributed by atoms with Gasteiger partial charge in [0.1, 0.15) is 0 Å². The van der Waals surface area contributed by atoms with E-state index in [1.54, 1.807) is 4.90 Å². The van der Waals surface area contributed by atoms with Gasteiger partial charge in [0.2, 0.25) is 11.8 Å². The summed E-state index contributed by atoms with van der Waals surface area (Å²) in [6.45, 7) is 5.26. The third-order valence-electron chi connectivity index (χ3n) is 3.77. The summed E-state index contributed by atoms with van der Waals surface area (Å²) in [5.41, 5.74) is 0. The third kappa shape index (κ3) is 4.07. The zero-order valence-electron chi connectivity index (χ0n) is 11.9. The summed E-state index contributed by atoms with van der Waals surface area (Å²) in [7, 11) is 0. The van der Waals surface area contributed by atoms with E-state index < -0.39 is 12.1 Å². The molecule has 0 bridgehead atoms. The predicted octanol–water partition coefficient (Wildman–Crippen LogP) is -0.398. The van der Waals surface area contributed by atoms with Gasteiger partial charge in [0, 0.05) is 32.7 Å². The first-order chi connectivity index (χ1) is 9.11. The Morgan fingerprint density at radius 1 is 1.45 bits per heavy atom. The van der Waals surface area contributed by atoms with Crippen molar-refractivity contribution in [3.8, 4) is 0 Å². The normalized spacial score (nSPS) is 26.6. The van der Waals surface area contributed by atoms with E-state index in [-0.39, 0.29) is 30.6 Å². The molecule has 2 saturated heterocycles. The number of piperazine rings is 1. The number of hydrogen-bond donors (Lipinski definition) is 2. The fourth-order valence-corrected chi connectivity index (χ4v) is 2.72. The quantitative estimate of drug-likeness (QED) is 0.741. The number of β-amino-alcohol motifs (C(OH)–C–C–N with tert-alkyl or cyclic N) is 1. The highest BCUT2D eigenvalue weighted by Crippen LogP contribution is 2.13. The van der Waals surface area contributed by atoms with Gasteiger partial charge in [0.15, 0.2) is 0 Å². The highest BCUT2D eigenvalue weighted by Gasteiger charge is 2.32. The Bertz CT molecular complexity index is 352. The fraction of sp³-hybridized carbons (Fsp3) is 0.846. The van der Waals surface area contributed by atoms with E-state index in [0.29, 0.717) is 19.5 Å². The van der Waals surface area contributed by atoms with Gasteiger partial charge in [-0.25, -0.2) is 0 Å². The van der Waals surface area contributed by atoms with Crippen molar-refractivity contribution in [1.29, 1.82) is 0 Å². The minimum absolute atomic E-state index is 0. The fourth-order valence-electron chi connectivity index (χ4n) is 2.72. The zero-order chi connectivity index (χ0) is 13.8. The number of likely N-dealkylation sites (tertiary alicyclic amines) is 1. The van der Waals surface area contributed by atoms with Crippen LogP contribution in [0.5, 0.6) is 0 Å². The first-order valence-corrected chi connectivity index (χ1v) is 7.09. The molecule has 0 aromatic rings. The number of nitrogens with one attached hydrogen (secondary N) is 1. The van der Waals surface area contributed by atoms with Crippen LogP contribution in [0.15, 0.2) is 0 Å². The molecular weight excluding hydrogens is 282 g/mol. The number of amides is 2. The molecule has 0 aromatic carbocycles. The topological polar surface area (TPSA) is 72.9 Å². The van der Waals surface area contributed by atoms with Crippen molar-refractivity contribution in [2.24, 2.45) is 0 Å². The average Bonchev–Trinajstić information content (AvgIpc) is 2.81. The molecule has 2 amide bonds. The molecule has 0 aromatic heterocycles. The van der Waals surface area contributed by atoms with Crippen LogP contribution in [0.4, 0.5) is 0 Å². The Balaban J connectivity index is 0.00000200. The number of aliphatic hydroxyl groups is 1. The van der Waals surface area contributed by atoms with Crippen LogP contribution in [0.2, 0.25) is 0 Å². The predicted molar refractivity (Wildman–Crippen MR) is 77.7 cm³/mol. The lowest BCUT2D eigenvalue weighted by Gasteiger charge is -2.33. The van der Waals surface area contributed by atoms with Crippen LogP contribution in [0.3, 0.4) is 0 Å². The molecule has 7 heteroatoms. The zero-order valence-corrected chi connectivity index (χ0v) is 12.7. The van der Waals surface area contributed by atoms with Gasteiger partial charge in [-0.15, -0.1) is 12.4 Å². The second-order valence-electron chi connectivity index (χ2n) is 5.32. The highest BCUT2D eigenvalue weighted by molar-refractivity contribution is 5.89. The van der Waals surface area contributed by atoms with Gasteiger partial charge in [-0.1, -0.05) is 6.92 Å². The molecule has 2 fully saturated rings. The number of aliphatic hydroxyl groups excluding tert-OH is 1. The van der Waals surface area contributed by atoms with E-state index in [2.05, 4.69) is 5.32 Å². The molecule has 0 radical (unpaired) electrons. The van der Waals surface area contributed by atoms with Crippen molar-refractivity contribution in [3.05, 3.63) is 0 Å². The van der Waals surface area contributed by atoms with Gasteiger partial charge >= 0.3 is 0 Å². The standard InChI is InChI=1S/C13H23N3O3.ClH/c1-2-5-15-7-4-14-11(13(15)19)8-12(18)16-6-3-10(17)9-16;/h10-11,14,17H,2-9H2,1H3;1H. The molecule has 2 N–H and O–H groups in total. The second kappa shape index (κ2) is 7.81. The Kier molecular flexibility index (Phi) is 6.71. The van der Waals surface area contributed by atoms with E-state index >= 15 is 0 Å². The summed E-state index contributed by atoms with van der Waals surface area (Å²) in [6.07, 6.45) is 1.37. The molecule has 116 valence electrons. The largest absolute Gasteiger partial charge is 0.391 e. The van der Waals surface area contributed by atoms with Crippen LogP contribution in [0, 0.1) is 0 Å². The van der Waals surface area contributed by atoms with Crippen molar-refractivity contribution >= 4 is 24.2 Å². The average molecular weight is 306 g/mol. The van der Waals surface area contributed by atoms with Crippen LogP contribution < -0.4 is 5.32 Å². The number of rotatable bonds is 4. The van der Waals surface area contributed by atoms with E-state index in [1.807, 2.05) is 11.8 Å². The molecular formula is C13H24ClN3O3. The van der Waals surface area contributed by atoms with Gasteiger partial charge in [0.05, 0.1) is 18.6 Å². The highest BCUT2D eigenvalue weighted by atomic mass is 35.5. The van der Waals surface area contributed by atoms with Crippen LogP contribution in [0.1, 0.15) is 26.2 Å². The lowest BCUT2D eigenvalue weighted by Crippen LogP contribution is -2.56. The maximum Gasteiger partial charge on any atom is 0.240 e. The number of nitrogens with zero attached hydrogens (tertiary/aromatic N) is 2. The smallest absolute Gasteiger partial charge is 0.240 e. The minimum atomic E-state index is -0.407. The summed E-state index contributed by atoms with van der Waals surface area (Å²) in [5, 5.41) is 12.6. The number of carbonyl (C=O) groups is 2. The molecule has 2 rings (SSSR count). The summed E-state index contributed by atoms with van der Waals surface area (Å²) >= 11 is 0. The second-order valence-corrected chi connectivity index (χ2v) is 5.32. The van der Waals surface area contributed by atoms with Gasteiger partial charge < -0.3 is 20.2 Å². The third-order valence-corrected chi connectivity index (χ3v) is 3.77. The number of carbonyl (C=O) groups excluding carboxylic acids is 2. The van der Waals surface area contributed by atoms with Crippen molar-refractivity contribution in [2.75, 3.05) is 32.7 Å². The van der Waals surface area contributed by atoms with E-state index in [0.717, 1.165) is 26.1 Å². The van der Waals surface area contributed by atoms with Crippen molar-refractivity contribution in [1.82, 2.24) is 15.1 Å². The summed E-state index contributed by atoms with van der Waals surface area (Å²) in [4.78, 5) is 27.7. The van der Waals surface area contributed by atoms with Crippen molar-refractivity contribution in [3.63, 3.8) is 0 Å². The molecule has 0 saturated carbocycles. The Labute approximate surface area is 125 Å². The monoisotopic (exact) mass is 305 g/mol. The Hall–Kier alpha value is -0.850. The first kappa shape index (κ1) is 17.2. The van der Waals surface area contributed by atoms with Gasteiger partial charge in [-0.05, 0) is 12.8 Å². The van der Waals surface area contributed by atoms with Gasteiger partial charge in [0.25, 0.3) is 0 Å². The molecule has 6 nitrogen and oxygen atoms in total. The van der Waals surface area contributed by atoms with Gasteiger partial charge in [-0.2, -0.15) is 0 Å². The first-order valence-electron chi connectivity index (χ1n) is 7.09. The van der Waals surface area contributed by atoms with E-state index in [4.69, 9.17) is 0 Å². The summed E-state index contributed by atoms with van der Waals surface area (Å²) in [5.74, 6) is -0.0121. The van der Waals surface area contributed by atoms with Crippen LogP contribution in [-0.2, 0) is 9.59 Å². The van der Waals surface area contributed by atoms with E-state index in [1.165, 1.54) is 0 Å². The van der Waals surface area contributed by atoms with Crippen molar-refractivity contribution in [2.45, 2.75) is 38.3 Å².